The van der Waals surface area contributed by atoms with Gasteiger partial charge in [0.05, 0.1) is 0 Å². The van der Waals surface area contributed by atoms with Crippen molar-refractivity contribution in [1.82, 2.24) is 0 Å². The zero-order valence-electron chi connectivity index (χ0n) is 14.5. The first-order valence-corrected chi connectivity index (χ1v) is 8.21. The summed E-state index contributed by atoms with van der Waals surface area (Å²) in [7, 11) is 0. The number of carboxylic acid groups (broad SMARTS) is 1. The number of fused-ring (bicyclic) bond motifs is 1. The number of carbonyl (C=O) groups is 1. The van der Waals surface area contributed by atoms with E-state index < -0.39 is 5.97 Å². The molecule has 0 bridgehead atoms. The van der Waals surface area contributed by atoms with Crippen molar-refractivity contribution >= 4 is 5.97 Å². The maximum atomic E-state index is 14.1. The molecule has 2 aromatic rings. The summed E-state index contributed by atoms with van der Waals surface area (Å²) in [5.41, 5.74) is 2.36. The number of hydrogen-bond acceptors (Lipinski definition) is 3. The molecule has 3 rings (SSSR count). The maximum Gasteiger partial charge on any atom is 0.341 e. The molecule has 1 unspecified atom stereocenters. The number of ether oxygens (including phenoxy) is 2. The van der Waals surface area contributed by atoms with Crippen LogP contribution < -0.4 is 9.47 Å². The van der Waals surface area contributed by atoms with Crippen LogP contribution in [-0.2, 0) is 11.2 Å². The second-order valence-corrected chi connectivity index (χ2v) is 6.99. The third-order valence-corrected chi connectivity index (χ3v) is 4.36. The third-order valence-electron chi connectivity index (χ3n) is 4.36. The predicted molar refractivity (Wildman–Crippen MR) is 91.9 cm³/mol. The lowest BCUT2D eigenvalue weighted by Crippen LogP contribution is -2.25. The minimum Gasteiger partial charge on any atom is -0.487 e. The molecule has 1 aliphatic heterocycles. The Bertz CT molecular complexity index is 796. The lowest BCUT2D eigenvalue weighted by atomic mass is 9.90. The Hall–Kier alpha value is -2.56. The fourth-order valence-electron chi connectivity index (χ4n) is 3.20. The molecule has 0 amide bonds. The Morgan fingerprint density at radius 2 is 2.00 bits per heavy atom. The van der Waals surface area contributed by atoms with Gasteiger partial charge in [-0.15, -0.1) is 0 Å². The van der Waals surface area contributed by atoms with Crippen LogP contribution in [0.5, 0.6) is 11.5 Å². The van der Waals surface area contributed by atoms with E-state index in [0.717, 1.165) is 22.4 Å². The lowest BCUT2D eigenvalue weighted by molar-refractivity contribution is -0.139. The van der Waals surface area contributed by atoms with Crippen LogP contribution >= 0.6 is 0 Å². The Kier molecular flexibility index (Phi) is 4.41. The molecule has 4 nitrogen and oxygen atoms in total. The fourth-order valence-corrected chi connectivity index (χ4v) is 3.20. The highest BCUT2D eigenvalue weighted by molar-refractivity contribution is 5.68. The van der Waals surface area contributed by atoms with Gasteiger partial charge >= 0.3 is 5.97 Å². The van der Waals surface area contributed by atoms with Gasteiger partial charge in [0.15, 0.2) is 6.61 Å². The van der Waals surface area contributed by atoms with E-state index >= 15 is 0 Å². The molecular formula is C20H21FO4. The van der Waals surface area contributed by atoms with Gasteiger partial charge in [0.2, 0.25) is 0 Å². The SMILES string of the molecule is CC(c1ccc(OCC(=O)O)cc1)c1cc(F)cc2c1OC(C)(C)C2. The molecule has 1 heterocycles. The molecule has 0 saturated carbocycles. The number of carboxylic acids is 1. The van der Waals surface area contributed by atoms with Crippen LogP contribution in [0.3, 0.4) is 0 Å². The van der Waals surface area contributed by atoms with Gasteiger partial charge in [-0.3, -0.25) is 0 Å². The van der Waals surface area contributed by atoms with Crippen LogP contribution in [0.2, 0.25) is 0 Å². The summed E-state index contributed by atoms with van der Waals surface area (Å²) in [6, 6.07) is 10.2. The zero-order chi connectivity index (χ0) is 18.2. The fraction of sp³-hybridized carbons (Fsp3) is 0.350. The smallest absolute Gasteiger partial charge is 0.341 e. The van der Waals surface area contributed by atoms with Crippen LogP contribution in [0, 0.1) is 5.82 Å². The molecule has 1 atom stereocenters. The van der Waals surface area contributed by atoms with Crippen molar-refractivity contribution in [3.05, 3.63) is 58.9 Å². The van der Waals surface area contributed by atoms with E-state index in [1.165, 1.54) is 6.07 Å². The zero-order valence-corrected chi connectivity index (χ0v) is 14.5. The average molecular weight is 344 g/mol. The van der Waals surface area contributed by atoms with E-state index in [9.17, 15) is 9.18 Å². The Morgan fingerprint density at radius 1 is 1.32 bits per heavy atom. The molecule has 25 heavy (non-hydrogen) atoms. The first-order valence-electron chi connectivity index (χ1n) is 8.21. The molecule has 2 aromatic carbocycles. The van der Waals surface area contributed by atoms with E-state index in [2.05, 4.69) is 0 Å². The van der Waals surface area contributed by atoms with Crippen molar-refractivity contribution in [2.75, 3.05) is 6.61 Å². The van der Waals surface area contributed by atoms with Crippen molar-refractivity contribution in [3.8, 4) is 11.5 Å². The monoisotopic (exact) mass is 344 g/mol. The number of aliphatic carboxylic acids is 1. The van der Waals surface area contributed by atoms with Gasteiger partial charge in [-0.2, -0.15) is 0 Å². The van der Waals surface area contributed by atoms with Crippen molar-refractivity contribution in [3.63, 3.8) is 0 Å². The number of benzene rings is 2. The summed E-state index contributed by atoms with van der Waals surface area (Å²) >= 11 is 0. The Labute approximate surface area is 146 Å². The normalized spacial score (nSPS) is 16.0. The van der Waals surface area contributed by atoms with Crippen LogP contribution in [-0.4, -0.2) is 23.3 Å². The summed E-state index contributed by atoms with van der Waals surface area (Å²) in [6.07, 6.45) is 0.682. The van der Waals surface area contributed by atoms with Gasteiger partial charge in [0, 0.05) is 23.5 Å². The molecular weight excluding hydrogens is 323 g/mol. The summed E-state index contributed by atoms with van der Waals surface area (Å²) < 4.78 is 25.3. The lowest BCUT2D eigenvalue weighted by Gasteiger charge is -2.21. The van der Waals surface area contributed by atoms with Gasteiger partial charge in [-0.05, 0) is 43.7 Å². The van der Waals surface area contributed by atoms with Crippen LogP contribution in [0.15, 0.2) is 36.4 Å². The van der Waals surface area contributed by atoms with Gasteiger partial charge in [0.1, 0.15) is 22.9 Å². The number of rotatable bonds is 5. The van der Waals surface area contributed by atoms with Crippen LogP contribution in [0.25, 0.3) is 0 Å². The standard InChI is InChI=1S/C20H21FO4/c1-12(13-4-6-16(7-5-13)24-11-18(22)23)17-9-15(21)8-14-10-20(2,3)25-19(14)17/h4-9,12H,10-11H2,1-3H3,(H,22,23). The predicted octanol–water partition coefficient (Wildman–Crippen LogP) is 4.15. The molecule has 1 N–H and O–H groups in total. The van der Waals surface area contributed by atoms with Gasteiger partial charge < -0.3 is 14.6 Å². The van der Waals surface area contributed by atoms with E-state index in [1.807, 2.05) is 32.9 Å². The van der Waals surface area contributed by atoms with E-state index in [1.54, 1.807) is 18.2 Å². The van der Waals surface area contributed by atoms with Crippen molar-refractivity contribution in [2.24, 2.45) is 0 Å². The quantitative estimate of drug-likeness (QED) is 0.885. The number of halogens is 1. The summed E-state index contributed by atoms with van der Waals surface area (Å²) in [4.78, 5) is 10.6. The Morgan fingerprint density at radius 3 is 2.64 bits per heavy atom. The molecule has 0 radical (unpaired) electrons. The van der Waals surface area contributed by atoms with Crippen molar-refractivity contribution < 1.29 is 23.8 Å². The largest absolute Gasteiger partial charge is 0.487 e. The average Bonchev–Trinajstić information content (AvgIpc) is 2.85. The number of hydrogen-bond donors (Lipinski definition) is 1. The summed E-state index contributed by atoms with van der Waals surface area (Å²) in [5, 5.41) is 8.65. The molecule has 0 spiro atoms. The minimum atomic E-state index is -1.02. The highest BCUT2D eigenvalue weighted by Gasteiger charge is 2.33. The third kappa shape index (κ3) is 3.76. The van der Waals surface area contributed by atoms with Gasteiger partial charge in [-0.1, -0.05) is 19.1 Å². The summed E-state index contributed by atoms with van der Waals surface area (Å²) in [5.74, 6) is -0.0898. The van der Waals surface area contributed by atoms with E-state index in [-0.39, 0.29) is 23.9 Å². The molecule has 5 heteroatoms. The van der Waals surface area contributed by atoms with Crippen LogP contribution in [0.4, 0.5) is 4.39 Å². The molecule has 0 fully saturated rings. The van der Waals surface area contributed by atoms with E-state index in [0.29, 0.717) is 12.2 Å². The molecule has 1 aliphatic rings. The molecule has 132 valence electrons. The Balaban J connectivity index is 1.87. The summed E-state index contributed by atoms with van der Waals surface area (Å²) in [6.45, 7) is 5.61. The first kappa shape index (κ1) is 17.3. The second kappa shape index (κ2) is 6.39. The first-order chi connectivity index (χ1) is 11.7. The van der Waals surface area contributed by atoms with Crippen LogP contribution in [0.1, 0.15) is 43.4 Å². The second-order valence-electron chi connectivity index (χ2n) is 6.99. The molecule has 0 aromatic heterocycles. The van der Waals surface area contributed by atoms with Crippen molar-refractivity contribution in [1.29, 1.82) is 0 Å². The minimum absolute atomic E-state index is 0.0631. The van der Waals surface area contributed by atoms with Gasteiger partial charge in [-0.25, -0.2) is 9.18 Å². The highest BCUT2D eigenvalue weighted by Crippen LogP contribution is 2.42. The maximum absolute atomic E-state index is 14.1. The molecule has 0 saturated heterocycles. The molecule has 0 aliphatic carbocycles. The van der Waals surface area contributed by atoms with Crippen molar-refractivity contribution in [2.45, 2.75) is 38.7 Å². The van der Waals surface area contributed by atoms with E-state index in [4.69, 9.17) is 14.6 Å². The highest BCUT2D eigenvalue weighted by atomic mass is 19.1. The van der Waals surface area contributed by atoms with Gasteiger partial charge in [0.25, 0.3) is 0 Å². The topological polar surface area (TPSA) is 55.8 Å².